The molecule has 7 heteroatoms. The summed E-state index contributed by atoms with van der Waals surface area (Å²) in [6.07, 6.45) is 0.389. The quantitative estimate of drug-likeness (QED) is 0.385. The van der Waals surface area contributed by atoms with Gasteiger partial charge in [0.1, 0.15) is 11.6 Å². The van der Waals surface area contributed by atoms with Gasteiger partial charge in [0.2, 0.25) is 5.91 Å². The molecule has 0 radical (unpaired) electrons. The maximum Gasteiger partial charge on any atom is 0.235 e. The third-order valence-corrected chi connectivity index (χ3v) is 6.09. The van der Waals surface area contributed by atoms with Crippen LogP contribution in [-0.4, -0.2) is 34.2 Å². The van der Waals surface area contributed by atoms with Gasteiger partial charge in [-0.15, -0.1) is 11.6 Å². The highest BCUT2D eigenvalue weighted by Crippen LogP contribution is 2.40. The average Bonchev–Trinajstić information content (AvgIpc) is 2.66. The molecular weight excluding hydrogens is 406 g/mol. The Bertz CT molecular complexity index is 961. The number of aliphatic hydroxyl groups is 1. The lowest BCUT2D eigenvalue weighted by atomic mass is 9.75. The number of amides is 1. The van der Waals surface area contributed by atoms with Crippen LogP contribution in [0.5, 0.6) is 0 Å². The number of nitrogens with one attached hydrogen (secondary N) is 1. The second-order valence-corrected chi connectivity index (χ2v) is 8.00. The average molecular weight is 434 g/mol. The smallest absolute Gasteiger partial charge is 0.235 e. The number of aliphatic hydroxyl groups excluding tert-OH is 1. The summed E-state index contributed by atoms with van der Waals surface area (Å²) in [5.41, 5.74) is 4.46. The van der Waals surface area contributed by atoms with E-state index in [0.29, 0.717) is 5.56 Å². The van der Waals surface area contributed by atoms with Crippen LogP contribution in [0.2, 0.25) is 0 Å². The van der Waals surface area contributed by atoms with Crippen molar-refractivity contribution in [3.05, 3.63) is 44.7 Å². The molecule has 2 rings (SSSR count). The maximum absolute atomic E-state index is 12.7. The Labute approximate surface area is 181 Å². The van der Waals surface area contributed by atoms with Gasteiger partial charge < -0.3 is 10.4 Å². The number of carbonyl (C=O) groups is 4. The Morgan fingerprint density at radius 3 is 2.23 bits per heavy atom. The summed E-state index contributed by atoms with van der Waals surface area (Å²) in [5, 5.41) is 13.2. The van der Waals surface area contributed by atoms with Crippen molar-refractivity contribution in [2.45, 2.75) is 66.3 Å². The van der Waals surface area contributed by atoms with Crippen LogP contribution < -0.4 is 5.32 Å². The molecule has 1 amide bonds. The van der Waals surface area contributed by atoms with E-state index >= 15 is 0 Å². The summed E-state index contributed by atoms with van der Waals surface area (Å²) in [7, 11) is 0. The van der Waals surface area contributed by atoms with Crippen LogP contribution >= 0.6 is 11.6 Å². The molecule has 30 heavy (non-hydrogen) atoms. The van der Waals surface area contributed by atoms with Crippen molar-refractivity contribution >= 4 is 34.9 Å². The molecule has 2 N–H and O–H groups in total. The molecule has 162 valence electrons. The predicted octanol–water partition coefficient (Wildman–Crippen LogP) is 3.91. The van der Waals surface area contributed by atoms with E-state index in [4.69, 9.17) is 11.6 Å². The molecule has 1 aromatic carbocycles. The number of rotatable bonds is 7. The summed E-state index contributed by atoms with van der Waals surface area (Å²) in [5.74, 6) is -1.88. The molecule has 0 aromatic heterocycles. The van der Waals surface area contributed by atoms with Gasteiger partial charge in [0.25, 0.3) is 0 Å². The van der Waals surface area contributed by atoms with Gasteiger partial charge >= 0.3 is 0 Å². The van der Waals surface area contributed by atoms with E-state index in [2.05, 4.69) is 5.32 Å². The van der Waals surface area contributed by atoms with Crippen molar-refractivity contribution < 1.29 is 24.3 Å². The fourth-order valence-corrected chi connectivity index (χ4v) is 4.62. The number of benzene rings is 1. The highest BCUT2D eigenvalue weighted by Gasteiger charge is 2.34. The highest BCUT2D eigenvalue weighted by atomic mass is 35.5. The summed E-state index contributed by atoms with van der Waals surface area (Å²) in [4.78, 5) is 48.8. The number of halogens is 1. The molecule has 0 bridgehead atoms. The Morgan fingerprint density at radius 2 is 1.73 bits per heavy atom. The zero-order chi connectivity index (χ0) is 22.7. The number of Topliss-reactive ketones (excluding diaryl/α,β-unsaturated/α-hetero) is 3. The van der Waals surface area contributed by atoms with Crippen LogP contribution in [0.15, 0.2) is 11.3 Å². The van der Waals surface area contributed by atoms with Crippen LogP contribution in [0.25, 0.3) is 0 Å². The summed E-state index contributed by atoms with van der Waals surface area (Å²) < 4.78 is 0. The fraction of sp³-hybridized carbons (Fsp3) is 0.478. The highest BCUT2D eigenvalue weighted by molar-refractivity contribution is 6.27. The Morgan fingerprint density at radius 1 is 1.10 bits per heavy atom. The molecule has 1 aliphatic carbocycles. The topological polar surface area (TPSA) is 101 Å². The first kappa shape index (κ1) is 23.8. The molecule has 0 unspecified atom stereocenters. The molecule has 0 spiro atoms. The van der Waals surface area contributed by atoms with Gasteiger partial charge in [-0.3, -0.25) is 19.2 Å². The molecule has 0 fully saturated rings. The predicted molar refractivity (Wildman–Crippen MR) is 115 cm³/mol. The van der Waals surface area contributed by atoms with E-state index in [-0.39, 0.29) is 72.2 Å². The first-order valence-electron chi connectivity index (χ1n) is 9.99. The minimum atomic E-state index is -0.378. The third-order valence-electron chi connectivity index (χ3n) is 5.85. The zero-order valence-corrected chi connectivity index (χ0v) is 18.8. The van der Waals surface area contributed by atoms with Crippen LogP contribution in [-0.2, 0) is 20.9 Å². The number of alkyl halides is 1. The SMILES string of the molecule is CCC(=O)C1=C(O)C[C@H](c2c(C)c(CNC(=O)CCl)c(C)c(C(C)=O)c2C)CC1=O. The molecule has 0 saturated carbocycles. The largest absolute Gasteiger partial charge is 0.511 e. The van der Waals surface area contributed by atoms with E-state index in [0.717, 1.165) is 27.8 Å². The first-order valence-corrected chi connectivity index (χ1v) is 10.5. The van der Waals surface area contributed by atoms with Crippen molar-refractivity contribution in [1.29, 1.82) is 0 Å². The minimum absolute atomic E-state index is 0.0840. The second kappa shape index (κ2) is 9.56. The summed E-state index contributed by atoms with van der Waals surface area (Å²) in [6.45, 7) is 8.90. The van der Waals surface area contributed by atoms with Gasteiger partial charge in [0.05, 0.1) is 5.57 Å². The normalized spacial score (nSPS) is 16.6. The van der Waals surface area contributed by atoms with Crippen LogP contribution in [0.4, 0.5) is 0 Å². The number of ketones is 3. The maximum atomic E-state index is 12.7. The molecule has 0 aliphatic heterocycles. The molecule has 6 nitrogen and oxygen atoms in total. The monoisotopic (exact) mass is 433 g/mol. The van der Waals surface area contributed by atoms with Crippen molar-refractivity contribution in [1.82, 2.24) is 5.32 Å². The first-order chi connectivity index (χ1) is 14.0. The molecular formula is C23H28ClNO5. The van der Waals surface area contributed by atoms with E-state index < -0.39 is 0 Å². The van der Waals surface area contributed by atoms with Crippen LogP contribution in [0.1, 0.15) is 77.2 Å². The lowest BCUT2D eigenvalue weighted by molar-refractivity contribution is -0.122. The van der Waals surface area contributed by atoms with E-state index in [1.54, 1.807) is 6.92 Å². The minimum Gasteiger partial charge on any atom is -0.511 e. The van der Waals surface area contributed by atoms with Gasteiger partial charge in [0.15, 0.2) is 17.3 Å². The van der Waals surface area contributed by atoms with Gasteiger partial charge in [-0.1, -0.05) is 6.92 Å². The number of hydrogen-bond acceptors (Lipinski definition) is 5. The molecule has 1 aliphatic rings. The molecule has 1 aromatic rings. The molecule has 0 saturated heterocycles. The molecule has 1 atom stereocenters. The van der Waals surface area contributed by atoms with Gasteiger partial charge in [-0.05, 0) is 61.4 Å². The Balaban J connectivity index is 2.63. The van der Waals surface area contributed by atoms with Crippen LogP contribution in [0.3, 0.4) is 0 Å². The Kier molecular flexibility index (Phi) is 7.59. The van der Waals surface area contributed by atoms with Gasteiger partial charge in [0, 0.05) is 31.4 Å². The molecule has 0 heterocycles. The number of carbonyl (C=O) groups excluding carboxylic acids is 4. The van der Waals surface area contributed by atoms with Crippen molar-refractivity contribution in [3.63, 3.8) is 0 Å². The van der Waals surface area contributed by atoms with Gasteiger partial charge in [-0.25, -0.2) is 0 Å². The van der Waals surface area contributed by atoms with Gasteiger partial charge in [-0.2, -0.15) is 0 Å². The Hall–Kier alpha value is -2.47. The summed E-state index contributed by atoms with van der Waals surface area (Å²) >= 11 is 5.58. The zero-order valence-electron chi connectivity index (χ0n) is 18.1. The second-order valence-electron chi connectivity index (χ2n) is 7.74. The van der Waals surface area contributed by atoms with Crippen LogP contribution in [0, 0.1) is 20.8 Å². The van der Waals surface area contributed by atoms with E-state index in [9.17, 15) is 24.3 Å². The van der Waals surface area contributed by atoms with Crippen molar-refractivity contribution in [2.75, 3.05) is 5.88 Å². The van der Waals surface area contributed by atoms with Crippen molar-refractivity contribution in [3.8, 4) is 0 Å². The lowest BCUT2D eigenvalue weighted by Gasteiger charge is -2.29. The van der Waals surface area contributed by atoms with E-state index in [1.807, 2.05) is 20.8 Å². The number of allylic oxidation sites excluding steroid dienone is 2. The standard InChI is InChI=1S/C23H28ClNO5/c1-6-17(27)23-18(28)7-15(8-19(23)29)22-12(3)16(10-25-20(30)9-24)11(2)21(13(22)4)14(5)26/h15,28H,6-10H2,1-5H3,(H,25,30)/t15-/m0/s1. The van der Waals surface area contributed by atoms with E-state index in [1.165, 1.54) is 6.92 Å². The number of hydrogen-bond donors (Lipinski definition) is 2. The third kappa shape index (κ3) is 4.48. The van der Waals surface area contributed by atoms with Crippen molar-refractivity contribution in [2.24, 2.45) is 0 Å². The summed E-state index contributed by atoms with van der Waals surface area (Å²) in [6, 6.07) is 0. The lowest BCUT2D eigenvalue weighted by Crippen LogP contribution is -2.27. The fourth-order valence-electron chi connectivity index (χ4n) is 4.52.